The average Bonchev–Trinajstić information content (AvgIpc) is 2.33. The minimum atomic E-state index is -0.155. The number of nitrogens with zero attached hydrogens (tertiary/aromatic N) is 1. The van der Waals surface area contributed by atoms with Gasteiger partial charge in [-0.1, -0.05) is 15.9 Å². The van der Waals surface area contributed by atoms with Gasteiger partial charge in [-0.05, 0) is 25.2 Å². The normalized spacial score (nSPS) is 11.2. The Balaban J connectivity index is 2.30. The van der Waals surface area contributed by atoms with Crippen molar-refractivity contribution >= 4 is 15.9 Å². The molecule has 1 rings (SSSR count). The van der Waals surface area contributed by atoms with E-state index in [0.29, 0.717) is 18.7 Å². The molecule has 5 heteroatoms. The summed E-state index contributed by atoms with van der Waals surface area (Å²) in [5.74, 6) is -0.155. The molecule has 0 aliphatic carbocycles. The molecule has 18 heavy (non-hydrogen) atoms. The highest BCUT2D eigenvalue weighted by Crippen LogP contribution is 2.16. The first-order valence-electron chi connectivity index (χ1n) is 5.95. The van der Waals surface area contributed by atoms with Crippen molar-refractivity contribution in [2.45, 2.75) is 6.54 Å². The van der Waals surface area contributed by atoms with Crippen LogP contribution in [0.5, 0.6) is 0 Å². The van der Waals surface area contributed by atoms with Crippen LogP contribution in [0, 0.1) is 5.82 Å². The van der Waals surface area contributed by atoms with E-state index >= 15 is 0 Å². The first-order valence-corrected chi connectivity index (χ1v) is 6.75. The van der Waals surface area contributed by atoms with Crippen molar-refractivity contribution < 1.29 is 9.13 Å². The van der Waals surface area contributed by atoms with Gasteiger partial charge in [0.05, 0.1) is 6.61 Å². The fourth-order valence-corrected chi connectivity index (χ4v) is 2.01. The lowest BCUT2D eigenvalue weighted by molar-refractivity contribution is 0.197. The van der Waals surface area contributed by atoms with Gasteiger partial charge < -0.3 is 15.0 Å². The molecule has 1 aromatic rings. The number of hydrogen-bond donors (Lipinski definition) is 1. The molecule has 0 amide bonds. The second-order valence-electron chi connectivity index (χ2n) is 4.22. The van der Waals surface area contributed by atoms with Gasteiger partial charge in [0.25, 0.3) is 0 Å². The fraction of sp³-hybridized carbons (Fsp3) is 0.538. The maximum Gasteiger partial charge on any atom is 0.127 e. The van der Waals surface area contributed by atoms with Crippen LogP contribution < -0.4 is 5.32 Å². The van der Waals surface area contributed by atoms with Crippen LogP contribution in [-0.4, -0.2) is 45.3 Å². The van der Waals surface area contributed by atoms with Crippen molar-refractivity contribution in [2.24, 2.45) is 0 Å². The molecule has 0 saturated heterocycles. The molecule has 1 N–H and O–H groups in total. The lowest BCUT2D eigenvalue weighted by Gasteiger charge is -2.17. The van der Waals surface area contributed by atoms with E-state index in [2.05, 4.69) is 26.1 Å². The van der Waals surface area contributed by atoms with Gasteiger partial charge in [-0.3, -0.25) is 0 Å². The topological polar surface area (TPSA) is 24.5 Å². The van der Waals surface area contributed by atoms with Crippen molar-refractivity contribution in [3.8, 4) is 0 Å². The van der Waals surface area contributed by atoms with Crippen molar-refractivity contribution in [3.05, 3.63) is 34.1 Å². The van der Waals surface area contributed by atoms with E-state index in [1.807, 2.05) is 13.1 Å². The van der Waals surface area contributed by atoms with Crippen molar-refractivity contribution in [1.29, 1.82) is 0 Å². The van der Waals surface area contributed by atoms with E-state index in [1.165, 1.54) is 6.07 Å². The molecule has 0 aromatic heterocycles. The molecular formula is C13H20BrFN2O. The van der Waals surface area contributed by atoms with E-state index < -0.39 is 0 Å². The number of nitrogens with one attached hydrogen (secondary N) is 1. The Bertz CT molecular complexity index is 363. The second kappa shape index (κ2) is 8.58. The van der Waals surface area contributed by atoms with E-state index in [1.54, 1.807) is 13.2 Å². The van der Waals surface area contributed by atoms with E-state index in [-0.39, 0.29) is 5.82 Å². The summed E-state index contributed by atoms with van der Waals surface area (Å²) in [7, 11) is 3.67. The zero-order valence-electron chi connectivity index (χ0n) is 10.9. The number of likely N-dealkylation sites (N-methyl/N-ethyl adjacent to an activating group) is 1. The predicted molar refractivity (Wildman–Crippen MR) is 75.2 cm³/mol. The molecule has 0 aliphatic heterocycles. The van der Waals surface area contributed by atoms with Crippen LogP contribution in [0.25, 0.3) is 0 Å². The van der Waals surface area contributed by atoms with Crippen molar-refractivity contribution in [3.63, 3.8) is 0 Å². The van der Waals surface area contributed by atoms with E-state index in [0.717, 1.165) is 24.1 Å². The highest BCUT2D eigenvalue weighted by Gasteiger charge is 2.06. The first kappa shape index (κ1) is 15.6. The quantitative estimate of drug-likeness (QED) is 0.744. The lowest BCUT2D eigenvalue weighted by Crippen LogP contribution is -2.30. The van der Waals surface area contributed by atoms with Gasteiger partial charge in [0.15, 0.2) is 0 Å². The maximum atomic E-state index is 13.5. The van der Waals surface area contributed by atoms with E-state index in [4.69, 9.17) is 4.74 Å². The van der Waals surface area contributed by atoms with Gasteiger partial charge >= 0.3 is 0 Å². The summed E-state index contributed by atoms with van der Waals surface area (Å²) in [6.45, 7) is 3.90. The zero-order valence-corrected chi connectivity index (χ0v) is 12.5. The molecule has 0 aliphatic rings. The van der Waals surface area contributed by atoms with Gasteiger partial charge in [0.1, 0.15) is 5.82 Å². The average molecular weight is 319 g/mol. The summed E-state index contributed by atoms with van der Waals surface area (Å²) < 4.78 is 19.4. The number of halogens is 2. The summed E-state index contributed by atoms with van der Waals surface area (Å²) in [5.41, 5.74) is 0.712. The van der Waals surface area contributed by atoms with Crippen LogP contribution in [0.4, 0.5) is 4.39 Å². The molecule has 102 valence electrons. The summed E-state index contributed by atoms with van der Waals surface area (Å²) in [4.78, 5) is 2.09. The molecule has 0 saturated carbocycles. The number of methoxy groups -OCH3 is 1. The molecule has 0 fully saturated rings. The Hall–Kier alpha value is -0.490. The van der Waals surface area contributed by atoms with E-state index in [9.17, 15) is 4.39 Å². The van der Waals surface area contributed by atoms with Gasteiger partial charge in [0.2, 0.25) is 0 Å². The number of ether oxygens (including phenoxy) is 1. The Kier molecular flexibility index (Phi) is 7.42. The highest BCUT2D eigenvalue weighted by atomic mass is 79.9. The minimum Gasteiger partial charge on any atom is -0.383 e. The third-order valence-electron chi connectivity index (χ3n) is 2.60. The molecule has 0 spiro atoms. The van der Waals surface area contributed by atoms with Crippen LogP contribution in [-0.2, 0) is 11.3 Å². The third kappa shape index (κ3) is 5.91. The summed E-state index contributed by atoms with van der Waals surface area (Å²) >= 11 is 3.36. The van der Waals surface area contributed by atoms with Gasteiger partial charge in [-0.2, -0.15) is 0 Å². The van der Waals surface area contributed by atoms with Gasteiger partial charge in [0, 0.05) is 43.3 Å². The summed E-state index contributed by atoms with van der Waals surface area (Å²) in [5, 5.41) is 3.26. The number of rotatable bonds is 8. The third-order valence-corrected chi connectivity index (χ3v) is 3.09. The van der Waals surface area contributed by atoms with Gasteiger partial charge in [-0.15, -0.1) is 0 Å². The van der Waals surface area contributed by atoms with Crippen LogP contribution in [0.3, 0.4) is 0 Å². The largest absolute Gasteiger partial charge is 0.383 e. The molecule has 0 atom stereocenters. The molecule has 0 unspecified atom stereocenters. The molecule has 0 bridgehead atoms. The Morgan fingerprint density at radius 2 is 2.17 bits per heavy atom. The molecule has 0 radical (unpaired) electrons. The smallest absolute Gasteiger partial charge is 0.127 e. The molecule has 0 heterocycles. The summed E-state index contributed by atoms with van der Waals surface area (Å²) in [6.07, 6.45) is 0. The molecular weight excluding hydrogens is 299 g/mol. The second-order valence-corrected chi connectivity index (χ2v) is 5.13. The van der Waals surface area contributed by atoms with Crippen LogP contribution >= 0.6 is 15.9 Å². The van der Waals surface area contributed by atoms with Crippen LogP contribution in [0.1, 0.15) is 5.56 Å². The van der Waals surface area contributed by atoms with Crippen molar-refractivity contribution in [1.82, 2.24) is 10.2 Å². The SMILES string of the molecule is COCCNCCN(C)Cc1cc(Br)ccc1F. The van der Waals surface area contributed by atoms with Crippen LogP contribution in [0.15, 0.2) is 22.7 Å². The minimum absolute atomic E-state index is 0.155. The first-order chi connectivity index (χ1) is 8.63. The Labute approximate surface area is 116 Å². The Morgan fingerprint density at radius 1 is 1.39 bits per heavy atom. The fourth-order valence-electron chi connectivity index (χ4n) is 1.60. The lowest BCUT2D eigenvalue weighted by atomic mass is 10.2. The Morgan fingerprint density at radius 3 is 2.89 bits per heavy atom. The van der Waals surface area contributed by atoms with Crippen molar-refractivity contribution in [2.75, 3.05) is 40.4 Å². The summed E-state index contributed by atoms with van der Waals surface area (Å²) in [6, 6.07) is 5.03. The maximum absolute atomic E-state index is 13.5. The van der Waals surface area contributed by atoms with Crippen LogP contribution in [0.2, 0.25) is 0 Å². The highest BCUT2D eigenvalue weighted by molar-refractivity contribution is 9.10. The number of benzene rings is 1. The molecule has 3 nitrogen and oxygen atoms in total. The number of hydrogen-bond acceptors (Lipinski definition) is 3. The van der Waals surface area contributed by atoms with Gasteiger partial charge in [-0.25, -0.2) is 4.39 Å². The zero-order chi connectivity index (χ0) is 13.4. The standard InChI is InChI=1S/C13H20BrFN2O/c1-17(7-5-16-6-8-18-2)10-11-9-12(14)3-4-13(11)15/h3-4,9,16H,5-8,10H2,1-2H3. The predicted octanol–water partition coefficient (Wildman–Crippen LogP) is 2.26. The molecule has 1 aromatic carbocycles. The monoisotopic (exact) mass is 318 g/mol.